The molecule has 0 aliphatic carbocycles. The van der Waals surface area contributed by atoms with Gasteiger partial charge in [-0.2, -0.15) is 5.10 Å². The minimum Gasteiger partial charge on any atom is -0.481 e. The Bertz CT molecular complexity index is 528. The molecule has 0 radical (unpaired) electrons. The second-order valence-corrected chi connectivity index (χ2v) is 5.97. The highest BCUT2D eigenvalue weighted by molar-refractivity contribution is 5.98. The van der Waals surface area contributed by atoms with Crippen LogP contribution in [0.4, 0.5) is 5.82 Å². The number of aromatic nitrogens is 2. The van der Waals surface area contributed by atoms with Gasteiger partial charge in [0.05, 0.1) is 17.2 Å². The van der Waals surface area contributed by atoms with Gasteiger partial charge in [-0.05, 0) is 27.7 Å². The lowest BCUT2D eigenvalue weighted by Crippen LogP contribution is -2.33. The van der Waals surface area contributed by atoms with Crippen LogP contribution in [-0.4, -0.2) is 33.3 Å². The average Bonchev–Trinajstić information content (AvgIpc) is 2.80. The quantitative estimate of drug-likeness (QED) is 0.876. The van der Waals surface area contributed by atoms with Crippen LogP contribution < -0.4 is 4.90 Å². The summed E-state index contributed by atoms with van der Waals surface area (Å²) in [5, 5.41) is 13.4. The number of hydrogen-bond acceptors (Lipinski definition) is 3. The number of carboxylic acid groups (broad SMARTS) is 1. The molecule has 1 amide bonds. The van der Waals surface area contributed by atoms with E-state index in [9.17, 15) is 9.59 Å². The fraction of sp³-hybridized carbons (Fsp3) is 0.615. The van der Waals surface area contributed by atoms with Crippen LogP contribution in [0.3, 0.4) is 0 Å². The van der Waals surface area contributed by atoms with Crippen molar-refractivity contribution in [1.29, 1.82) is 0 Å². The molecule has 1 N–H and O–H groups in total. The third-order valence-corrected chi connectivity index (χ3v) is 3.20. The van der Waals surface area contributed by atoms with Gasteiger partial charge in [0, 0.05) is 19.0 Å². The van der Waals surface area contributed by atoms with E-state index < -0.39 is 11.9 Å². The summed E-state index contributed by atoms with van der Waals surface area (Å²) >= 11 is 0. The lowest BCUT2D eigenvalue weighted by atomic mass is 10.1. The van der Waals surface area contributed by atoms with E-state index in [4.69, 9.17) is 5.11 Å². The van der Waals surface area contributed by atoms with Gasteiger partial charge in [0.15, 0.2) is 0 Å². The molecular formula is C13H19N3O3. The smallest absolute Gasteiger partial charge is 0.308 e. The molecule has 0 bridgehead atoms. The van der Waals surface area contributed by atoms with Gasteiger partial charge in [-0.15, -0.1) is 0 Å². The Labute approximate surface area is 112 Å². The maximum absolute atomic E-state index is 12.0. The zero-order valence-corrected chi connectivity index (χ0v) is 11.7. The minimum atomic E-state index is -0.922. The molecule has 6 nitrogen and oxygen atoms in total. The second-order valence-electron chi connectivity index (χ2n) is 5.97. The number of amides is 1. The summed E-state index contributed by atoms with van der Waals surface area (Å²) in [4.78, 5) is 24.5. The van der Waals surface area contributed by atoms with E-state index in [2.05, 4.69) is 5.10 Å². The summed E-state index contributed by atoms with van der Waals surface area (Å²) in [6.07, 6.45) is 0.0592. The summed E-state index contributed by atoms with van der Waals surface area (Å²) in [5.74, 6) is -1.03. The molecule has 1 aliphatic rings. The van der Waals surface area contributed by atoms with Crippen LogP contribution in [0.2, 0.25) is 0 Å². The highest BCUT2D eigenvalue weighted by Crippen LogP contribution is 2.29. The number of hydrogen-bond donors (Lipinski definition) is 1. The average molecular weight is 265 g/mol. The third kappa shape index (κ3) is 2.47. The molecule has 1 aromatic heterocycles. The van der Waals surface area contributed by atoms with Crippen molar-refractivity contribution in [2.24, 2.45) is 5.92 Å². The van der Waals surface area contributed by atoms with Crippen molar-refractivity contribution in [2.45, 2.75) is 39.7 Å². The summed E-state index contributed by atoms with van der Waals surface area (Å²) in [6, 6.07) is 1.83. The molecule has 1 unspecified atom stereocenters. The number of anilines is 1. The molecule has 1 aromatic rings. The van der Waals surface area contributed by atoms with Crippen LogP contribution in [0.5, 0.6) is 0 Å². The fourth-order valence-corrected chi connectivity index (χ4v) is 2.27. The van der Waals surface area contributed by atoms with Gasteiger partial charge < -0.3 is 5.11 Å². The maximum atomic E-state index is 12.0. The van der Waals surface area contributed by atoms with Crippen LogP contribution in [0, 0.1) is 12.8 Å². The van der Waals surface area contributed by atoms with Gasteiger partial charge in [-0.25, -0.2) is 4.68 Å². The minimum absolute atomic E-state index is 0.0592. The first-order chi connectivity index (χ1) is 8.70. The Morgan fingerprint density at radius 1 is 1.47 bits per heavy atom. The van der Waals surface area contributed by atoms with E-state index in [1.807, 2.05) is 33.8 Å². The number of aryl methyl sites for hydroxylation is 1. The third-order valence-electron chi connectivity index (χ3n) is 3.20. The summed E-state index contributed by atoms with van der Waals surface area (Å²) in [7, 11) is 0. The Balaban J connectivity index is 2.38. The van der Waals surface area contributed by atoms with Crippen LogP contribution in [-0.2, 0) is 15.1 Å². The summed E-state index contributed by atoms with van der Waals surface area (Å²) in [6.45, 7) is 8.07. The van der Waals surface area contributed by atoms with Crippen molar-refractivity contribution in [3.05, 3.63) is 11.8 Å². The highest BCUT2D eigenvalue weighted by Gasteiger charge is 2.37. The molecule has 0 spiro atoms. The van der Waals surface area contributed by atoms with Gasteiger partial charge >= 0.3 is 5.97 Å². The van der Waals surface area contributed by atoms with Gasteiger partial charge in [0.2, 0.25) is 5.91 Å². The first kappa shape index (κ1) is 13.6. The topological polar surface area (TPSA) is 75.4 Å². The van der Waals surface area contributed by atoms with Crippen molar-refractivity contribution in [3.63, 3.8) is 0 Å². The SMILES string of the molecule is Cc1cc(N2CC(C(=O)O)CC2=O)n(C(C)(C)C)n1. The molecule has 1 aliphatic heterocycles. The molecule has 0 saturated carbocycles. The zero-order valence-electron chi connectivity index (χ0n) is 11.7. The molecule has 19 heavy (non-hydrogen) atoms. The Kier molecular flexibility index (Phi) is 3.12. The number of carbonyl (C=O) groups excluding carboxylic acids is 1. The van der Waals surface area contributed by atoms with E-state index >= 15 is 0 Å². The number of carboxylic acids is 1. The van der Waals surface area contributed by atoms with E-state index in [0.29, 0.717) is 5.82 Å². The number of carbonyl (C=O) groups is 2. The molecule has 1 saturated heterocycles. The van der Waals surface area contributed by atoms with Crippen molar-refractivity contribution in [1.82, 2.24) is 9.78 Å². The molecule has 0 aromatic carbocycles. The largest absolute Gasteiger partial charge is 0.481 e. The molecule has 1 atom stereocenters. The first-order valence-corrected chi connectivity index (χ1v) is 6.30. The van der Waals surface area contributed by atoms with Crippen molar-refractivity contribution < 1.29 is 14.7 Å². The summed E-state index contributed by atoms with van der Waals surface area (Å²) < 4.78 is 1.78. The predicted octanol–water partition coefficient (Wildman–Crippen LogP) is 1.38. The van der Waals surface area contributed by atoms with Crippen molar-refractivity contribution >= 4 is 17.7 Å². The van der Waals surface area contributed by atoms with Crippen LogP contribution >= 0.6 is 0 Å². The summed E-state index contributed by atoms with van der Waals surface area (Å²) in [5.41, 5.74) is 0.557. The normalized spacial score (nSPS) is 20.1. The molecular weight excluding hydrogens is 246 g/mol. The van der Waals surface area contributed by atoms with Gasteiger partial charge in [-0.3, -0.25) is 14.5 Å². The monoisotopic (exact) mass is 265 g/mol. The molecule has 6 heteroatoms. The van der Waals surface area contributed by atoms with E-state index in [1.165, 1.54) is 4.90 Å². The Hall–Kier alpha value is -1.85. The van der Waals surface area contributed by atoms with Gasteiger partial charge in [0.1, 0.15) is 5.82 Å². The molecule has 104 valence electrons. The number of nitrogens with zero attached hydrogens (tertiary/aromatic N) is 3. The van der Waals surface area contributed by atoms with Crippen molar-refractivity contribution in [3.8, 4) is 0 Å². The molecule has 2 rings (SSSR count). The molecule has 2 heterocycles. The van der Waals surface area contributed by atoms with Crippen LogP contribution in [0.1, 0.15) is 32.9 Å². The van der Waals surface area contributed by atoms with E-state index in [-0.39, 0.29) is 24.4 Å². The standard InChI is InChI=1S/C13H19N3O3/c1-8-5-10(16(14-8)13(2,3)4)15-7-9(12(18)19)6-11(15)17/h5,9H,6-7H2,1-4H3,(H,18,19). The fourth-order valence-electron chi connectivity index (χ4n) is 2.27. The van der Waals surface area contributed by atoms with Gasteiger partial charge in [0.25, 0.3) is 0 Å². The number of aliphatic carboxylic acids is 1. The maximum Gasteiger partial charge on any atom is 0.308 e. The predicted molar refractivity (Wildman–Crippen MR) is 70.1 cm³/mol. The van der Waals surface area contributed by atoms with E-state index in [0.717, 1.165) is 5.69 Å². The van der Waals surface area contributed by atoms with Crippen LogP contribution in [0.15, 0.2) is 6.07 Å². The number of rotatable bonds is 2. The Morgan fingerprint density at radius 3 is 2.58 bits per heavy atom. The first-order valence-electron chi connectivity index (χ1n) is 6.30. The van der Waals surface area contributed by atoms with Crippen LogP contribution in [0.25, 0.3) is 0 Å². The zero-order chi connectivity index (χ0) is 14.4. The molecule has 1 fully saturated rings. The second kappa shape index (κ2) is 4.36. The lowest BCUT2D eigenvalue weighted by Gasteiger charge is -2.26. The lowest BCUT2D eigenvalue weighted by molar-refractivity contribution is -0.141. The van der Waals surface area contributed by atoms with Gasteiger partial charge in [-0.1, -0.05) is 0 Å². The Morgan fingerprint density at radius 2 is 2.11 bits per heavy atom. The van der Waals surface area contributed by atoms with E-state index in [1.54, 1.807) is 4.68 Å². The van der Waals surface area contributed by atoms with Crippen molar-refractivity contribution in [2.75, 3.05) is 11.4 Å². The highest BCUT2D eigenvalue weighted by atomic mass is 16.4.